The van der Waals surface area contributed by atoms with Crippen molar-refractivity contribution in [2.24, 2.45) is 0 Å². The van der Waals surface area contributed by atoms with E-state index in [1.54, 1.807) is 12.1 Å². The summed E-state index contributed by atoms with van der Waals surface area (Å²) in [5.41, 5.74) is 1.98. The maximum absolute atomic E-state index is 11.9. The molecule has 0 fully saturated rings. The summed E-state index contributed by atoms with van der Waals surface area (Å²) in [6.07, 6.45) is 0. The van der Waals surface area contributed by atoms with Gasteiger partial charge in [-0.3, -0.25) is 4.79 Å². The highest BCUT2D eigenvalue weighted by Crippen LogP contribution is 2.23. The first-order valence-corrected chi connectivity index (χ1v) is 5.51. The molecule has 18 heavy (non-hydrogen) atoms. The summed E-state index contributed by atoms with van der Waals surface area (Å²) in [6.45, 7) is 0. The van der Waals surface area contributed by atoms with Crippen molar-refractivity contribution in [2.75, 3.05) is 7.11 Å². The minimum atomic E-state index is -0.849. The minimum Gasteiger partial charge on any atom is -0.463 e. The summed E-state index contributed by atoms with van der Waals surface area (Å²) in [5.74, 6) is -1.48. The zero-order valence-electron chi connectivity index (χ0n) is 9.92. The lowest BCUT2D eigenvalue weighted by atomic mass is 9.97. The number of ether oxygens (including phenoxy) is 1. The molecule has 0 heterocycles. The molecule has 0 aliphatic rings. The van der Waals surface area contributed by atoms with Crippen molar-refractivity contribution in [2.45, 2.75) is 0 Å². The van der Waals surface area contributed by atoms with Crippen LogP contribution in [0.1, 0.15) is 10.4 Å². The van der Waals surface area contributed by atoms with Gasteiger partial charge in [-0.2, -0.15) is 0 Å². The molecule has 0 aliphatic carbocycles. The molecule has 2 aromatic carbocycles. The Hall–Kier alpha value is -2.42. The normalized spacial score (nSPS) is 9.83. The van der Waals surface area contributed by atoms with E-state index in [1.165, 1.54) is 7.11 Å². The summed E-state index contributed by atoms with van der Waals surface area (Å²) in [4.78, 5) is 23.2. The number of hydrogen-bond acceptors (Lipinski definition) is 3. The lowest BCUT2D eigenvalue weighted by molar-refractivity contribution is -0.135. The maximum atomic E-state index is 11.9. The molecule has 0 spiro atoms. The summed E-state index contributed by atoms with van der Waals surface area (Å²) in [7, 11) is 1.20. The zero-order valence-corrected chi connectivity index (χ0v) is 9.92. The fourth-order valence-electron chi connectivity index (χ4n) is 1.75. The van der Waals surface area contributed by atoms with Crippen LogP contribution in [0.3, 0.4) is 0 Å². The van der Waals surface area contributed by atoms with Crippen LogP contribution < -0.4 is 0 Å². The van der Waals surface area contributed by atoms with Gasteiger partial charge in [-0.05, 0) is 11.1 Å². The van der Waals surface area contributed by atoms with Gasteiger partial charge in [0, 0.05) is 5.56 Å². The molecule has 0 N–H and O–H groups in total. The van der Waals surface area contributed by atoms with Gasteiger partial charge in [-0.1, -0.05) is 54.6 Å². The second-order valence-corrected chi connectivity index (χ2v) is 3.73. The second kappa shape index (κ2) is 5.27. The third-order valence-electron chi connectivity index (χ3n) is 2.63. The Bertz CT molecular complexity index is 573. The Morgan fingerprint density at radius 1 is 0.889 bits per heavy atom. The molecule has 0 saturated carbocycles. The molecule has 0 radical (unpaired) electrons. The number of benzene rings is 2. The van der Waals surface area contributed by atoms with Crippen LogP contribution in [0.5, 0.6) is 0 Å². The molecule has 2 rings (SSSR count). The van der Waals surface area contributed by atoms with E-state index in [9.17, 15) is 9.59 Å². The summed E-state index contributed by atoms with van der Waals surface area (Å²) in [6, 6.07) is 16.4. The van der Waals surface area contributed by atoms with Crippen LogP contribution in [-0.4, -0.2) is 18.9 Å². The van der Waals surface area contributed by atoms with E-state index in [4.69, 9.17) is 0 Å². The first-order chi connectivity index (χ1) is 8.74. The van der Waals surface area contributed by atoms with Crippen molar-refractivity contribution in [3.63, 3.8) is 0 Å². The van der Waals surface area contributed by atoms with Gasteiger partial charge in [-0.25, -0.2) is 4.79 Å². The number of Topliss-reactive ketones (excluding diaryl/α,β-unsaturated/α-hetero) is 1. The Kier molecular flexibility index (Phi) is 3.53. The van der Waals surface area contributed by atoms with E-state index < -0.39 is 11.8 Å². The first kappa shape index (κ1) is 12.0. The number of esters is 1. The van der Waals surface area contributed by atoms with Crippen molar-refractivity contribution >= 4 is 11.8 Å². The van der Waals surface area contributed by atoms with Crippen molar-refractivity contribution in [1.29, 1.82) is 0 Å². The quantitative estimate of drug-likeness (QED) is 0.470. The van der Waals surface area contributed by atoms with Crippen LogP contribution in [0.4, 0.5) is 0 Å². The fraction of sp³-hybridized carbons (Fsp3) is 0.0667. The molecule has 3 heteroatoms. The number of carbonyl (C=O) groups excluding carboxylic acids is 2. The SMILES string of the molecule is COC(=O)C(=O)c1ccccc1-c1ccccc1. The molecule has 0 unspecified atom stereocenters. The van der Waals surface area contributed by atoms with E-state index in [2.05, 4.69) is 4.74 Å². The number of hydrogen-bond donors (Lipinski definition) is 0. The molecule has 0 aliphatic heterocycles. The smallest absolute Gasteiger partial charge is 0.379 e. The average molecular weight is 240 g/mol. The van der Waals surface area contributed by atoms with E-state index in [-0.39, 0.29) is 0 Å². The van der Waals surface area contributed by atoms with Crippen LogP contribution in [0.25, 0.3) is 11.1 Å². The predicted molar refractivity (Wildman–Crippen MR) is 68.2 cm³/mol. The number of rotatable bonds is 3. The van der Waals surface area contributed by atoms with E-state index in [0.29, 0.717) is 5.56 Å². The van der Waals surface area contributed by atoms with E-state index in [1.807, 2.05) is 42.5 Å². The third-order valence-corrected chi connectivity index (χ3v) is 2.63. The second-order valence-electron chi connectivity index (χ2n) is 3.73. The Balaban J connectivity index is 2.50. The molecule has 0 aromatic heterocycles. The van der Waals surface area contributed by atoms with Crippen LogP contribution in [0, 0.1) is 0 Å². The van der Waals surface area contributed by atoms with Crippen LogP contribution in [-0.2, 0) is 9.53 Å². The van der Waals surface area contributed by atoms with Crippen molar-refractivity contribution in [3.05, 3.63) is 60.2 Å². The van der Waals surface area contributed by atoms with E-state index >= 15 is 0 Å². The molecular formula is C15H12O3. The van der Waals surface area contributed by atoms with Gasteiger partial charge in [0.2, 0.25) is 0 Å². The Labute approximate surface area is 105 Å². The minimum absolute atomic E-state index is 0.357. The molecule has 2 aromatic rings. The molecular weight excluding hydrogens is 228 g/mol. The zero-order chi connectivity index (χ0) is 13.0. The lowest BCUT2D eigenvalue weighted by Crippen LogP contribution is -2.16. The highest BCUT2D eigenvalue weighted by Gasteiger charge is 2.20. The number of ketones is 1. The van der Waals surface area contributed by atoms with Gasteiger partial charge in [-0.15, -0.1) is 0 Å². The molecule has 0 atom stereocenters. The van der Waals surface area contributed by atoms with Gasteiger partial charge in [0.15, 0.2) is 0 Å². The molecule has 3 nitrogen and oxygen atoms in total. The van der Waals surface area contributed by atoms with Gasteiger partial charge in [0.1, 0.15) is 0 Å². The molecule has 90 valence electrons. The average Bonchev–Trinajstić information content (AvgIpc) is 2.46. The molecule has 0 saturated heterocycles. The lowest BCUT2D eigenvalue weighted by Gasteiger charge is -2.07. The monoisotopic (exact) mass is 240 g/mol. The maximum Gasteiger partial charge on any atom is 0.379 e. The van der Waals surface area contributed by atoms with Crippen molar-refractivity contribution in [1.82, 2.24) is 0 Å². The predicted octanol–water partition coefficient (Wildman–Crippen LogP) is 2.71. The number of methoxy groups -OCH3 is 1. The molecule has 0 bridgehead atoms. The summed E-state index contributed by atoms with van der Waals surface area (Å²) < 4.78 is 4.47. The van der Waals surface area contributed by atoms with E-state index in [0.717, 1.165) is 11.1 Å². The highest BCUT2D eigenvalue weighted by molar-refractivity contribution is 6.41. The van der Waals surface area contributed by atoms with Crippen LogP contribution in [0.2, 0.25) is 0 Å². The number of carbonyl (C=O) groups is 2. The molecule has 0 amide bonds. The summed E-state index contributed by atoms with van der Waals surface area (Å²) >= 11 is 0. The highest BCUT2D eigenvalue weighted by atomic mass is 16.5. The van der Waals surface area contributed by atoms with Gasteiger partial charge < -0.3 is 4.74 Å². The van der Waals surface area contributed by atoms with Crippen molar-refractivity contribution < 1.29 is 14.3 Å². The van der Waals surface area contributed by atoms with Crippen LogP contribution in [0.15, 0.2) is 54.6 Å². The van der Waals surface area contributed by atoms with Crippen molar-refractivity contribution in [3.8, 4) is 11.1 Å². The fourth-order valence-corrected chi connectivity index (χ4v) is 1.75. The Morgan fingerprint density at radius 3 is 2.17 bits per heavy atom. The van der Waals surface area contributed by atoms with Gasteiger partial charge in [0.05, 0.1) is 7.11 Å². The third kappa shape index (κ3) is 2.30. The Morgan fingerprint density at radius 2 is 1.50 bits per heavy atom. The standard InChI is InChI=1S/C15H12O3/c1-18-15(17)14(16)13-10-6-5-9-12(13)11-7-3-2-4-8-11/h2-10H,1H3. The summed E-state index contributed by atoms with van der Waals surface area (Å²) in [5, 5.41) is 0. The van der Waals surface area contributed by atoms with Gasteiger partial charge >= 0.3 is 5.97 Å². The van der Waals surface area contributed by atoms with Gasteiger partial charge in [0.25, 0.3) is 5.78 Å². The largest absolute Gasteiger partial charge is 0.463 e. The first-order valence-electron chi connectivity index (χ1n) is 5.51. The topological polar surface area (TPSA) is 43.4 Å². The van der Waals surface area contributed by atoms with Crippen LogP contribution >= 0.6 is 0 Å².